The Morgan fingerprint density at radius 1 is 0.778 bits per heavy atom. The molecule has 0 fully saturated rings. The summed E-state index contributed by atoms with van der Waals surface area (Å²) in [4.78, 5) is 5.97. The fraction of sp³-hybridized carbons (Fsp3) is 0.625. The first-order chi connectivity index (χ1) is 8.66. The molecule has 0 heterocycles. The van der Waals surface area contributed by atoms with Crippen LogP contribution < -0.4 is 0 Å². The van der Waals surface area contributed by atoms with Gasteiger partial charge in [0.2, 0.25) is 13.1 Å². The Bertz CT molecular complexity index is 196. The quantitative estimate of drug-likeness (QED) is 0.442. The van der Waals surface area contributed by atoms with Crippen molar-refractivity contribution in [1.29, 1.82) is 0 Å². The van der Waals surface area contributed by atoms with Gasteiger partial charge < -0.3 is 9.69 Å². The highest BCUT2D eigenvalue weighted by atomic mass is 14.6. The van der Waals surface area contributed by atoms with Gasteiger partial charge in [0.05, 0.1) is 0 Å². The van der Waals surface area contributed by atoms with Gasteiger partial charge in [0.1, 0.15) is 0 Å². The van der Waals surface area contributed by atoms with Crippen molar-refractivity contribution < 1.29 is 0 Å². The van der Waals surface area contributed by atoms with Crippen molar-refractivity contribution >= 4 is 0 Å². The zero-order valence-electron chi connectivity index (χ0n) is 12.9. The molecule has 0 bridgehead atoms. The first-order valence-electron chi connectivity index (χ1n) is 6.58. The van der Waals surface area contributed by atoms with Gasteiger partial charge in [-0.25, -0.2) is 13.1 Å². The number of nitrogens with zero attached hydrogens (tertiary/aromatic N) is 2. The van der Waals surface area contributed by atoms with E-state index in [1.54, 1.807) is 0 Å². The van der Waals surface area contributed by atoms with Gasteiger partial charge in [-0.2, -0.15) is 0 Å². The van der Waals surface area contributed by atoms with Crippen LogP contribution in [0.5, 0.6) is 0 Å². The molecule has 0 atom stereocenters. The largest absolute Gasteiger partial charge is 0.317 e. The van der Waals surface area contributed by atoms with Crippen LogP contribution in [0.15, 0.2) is 24.8 Å². The summed E-state index contributed by atoms with van der Waals surface area (Å²) in [5.74, 6) is 0. The van der Waals surface area contributed by atoms with Gasteiger partial charge in [-0.15, -0.1) is 6.58 Å². The van der Waals surface area contributed by atoms with Crippen LogP contribution in [0.3, 0.4) is 0 Å². The van der Waals surface area contributed by atoms with Gasteiger partial charge in [0.25, 0.3) is 0 Å². The lowest BCUT2D eigenvalue weighted by molar-refractivity contribution is 1.16. The molecule has 0 aliphatic heterocycles. The first kappa shape index (κ1) is 25.3. The third kappa shape index (κ3) is 132. The molecule has 0 aliphatic carbocycles. The van der Waals surface area contributed by atoms with E-state index in [0.29, 0.717) is 13.1 Å². The van der Waals surface area contributed by atoms with Crippen LogP contribution in [0.1, 0.15) is 53.9 Å². The summed E-state index contributed by atoms with van der Waals surface area (Å²) < 4.78 is 0. The minimum atomic E-state index is 0.611. The summed E-state index contributed by atoms with van der Waals surface area (Å²) in [6.45, 7) is 26.9. The predicted molar refractivity (Wildman–Crippen MR) is 84.5 cm³/mol. The molecule has 2 heteroatoms. The van der Waals surface area contributed by atoms with Crippen LogP contribution in [-0.4, -0.2) is 13.1 Å². The first-order valence-corrected chi connectivity index (χ1v) is 6.58. The van der Waals surface area contributed by atoms with E-state index in [1.165, 1.54) is 12.8 Å². The summed E-state index contributed by atoms with van der Waals surface area (Å²) in [6, 6.07) is 0. The van der Waals surface area contributed by atoms with E-state index in [1.807, 2.05) is 19.9 Å². The molecule has 0 unspecified atom stereocenters. The highest BCUT2D eigenvalue weighted by Crippen LogP contribution is 1.81. The number of hydrogen-bond acceptors (Lipinski definition) is 0. The Hall–Kier alpha value is -1.54. The average molecular weight is 250 g/mol. The lowest BCUT2D eigenvalue weighted by Gasteiger charge is -1.72. The standard InChI is InChI=1S/C6H12.C4H8.2C3H5N/c1-3-5-6-4-2;3*1-3-4-2/h5-6H,3-4H2,1-2H3;3H,1,4H2,2H3;2*3H2,1H3. The molecule has 0 aromatic heterocycles. The monoisotopic (exact) mass is 250 g/mol. The van der Waals surface area contributed by atoms with Crippen molar-refractivity contribution in [3.8, 4) is 0 Å². The minimum Gasteiger partial charge on any atom is -0.317 e. The van der Waals surface area contributed by atoms with Crippen molar-refractivity contribution in [2.75, 3.05) is 13.1 Å². The van der Waals surface area contributed by atoms with Crippen LogP contribution in [0.2, 0.25) is 0 Å². The van der Waals surface area contributed by atoms with E-state index < -0.39 is 0 Å². The number of allylic oxidation sites excluding steroid dienone is 3. The SMILES string of the molecule is C=CCC.CCC=CCC.[C-]#[N+]CC.[C-]#[N+]CC. The molecule has 0 saturated heterocycles. The van der Waals surface area contributed by atoms with Gasteiger partial charge in [-0.1, -0.05) is 39.0 Å². The Morgan fingerprint density at radius 3 is 1.06 bits per heavy atom. The van der Waals surface area contributed by atoms with Crippen molar-refractivity contribution in [1.82, 2.24) is 0 Å². The molecule has 0 spiro atoms. The maximum atomic E-state index is 6.08. The van der Waals surface area contributed by atoms with Gasteiger partial charge in [0.15, 0.2) is 0 Å². The summed E-state index contributed by atoms with van der Waals surface area (Å²) >= 11 is 0. The molecule has 104 valence electrons. The van der Waals surface area contributed by atoms with E-state index in [0.717, 1.165) is 6.42 Å². The molecule has 0 N–H and O–H groups in total. The van der Waals surface area contributed by atoms with Gasteiger partial charge in [-0.05, 0) is 19.3 Å². The summed E-state index contributed by atoms with van der Waals surface area (Å²) in [6.07, 6.45) is 9.67. The van der Waals surface area contributed by atoms with Crippen LogP contribution in [0.25, 0.3) is 9.69 Å². The zero-order chi connectivity index (χ0) is 15.1. The Labute approximate surface area is 115 Å². The van der Waals surface area contributed by atoms with Crippen LogP contribution in [0, 0.1) is 13.1 Å². The van der Waals surface area contributed by atoms with Crippen molar-refractivity contribution in [2.24, 2.45) is 0 Å². The van der Waals surface area contributed by atoms with E-state index in [4.69, 9.17) is 13.1 Å². The van der Waals surface area contributed by atoms with Crippen molar-refractivity contribution in [2.45, 2.75) is 53.9 Å². The molecule has 2 nitrogen and oxygen atoms in total. The number of rotatable bonds is 3. The van der Waals surface area contributed by atoms with E-state index in [2.05, 4.69) is 49.2 Å². The molecule has 0 radical (unpaired) electrons. The average Bonchev–Trinajstić information content (AvgIpc) is 2.45. The topological polar surface area (TPSA) is 8.72 Å². The Balaban J connectivity index is -0.0000000742. The van der Waals surface area contributed by atoms with Crippen molar-refractivity contribution in [3.63, 3.8) is 0 Å². The molecule has 0 aromatic carbocycles. The zero-order valence-corrected chi connectivity index (χ0v) is 12.9. The van der Waals surface area contributed by atoms with Gasteiger partial charge in [-0.3, -0.25) is 0 Å². The van der Waals surface area contributed by atoms with E-state index in [9.17, 15) is 0 Å². The Morgan fingerprint density at radius 2 is 1.00 bits per heavy atom. The maximum Gasteiger partial charge on any atom is 0.211 e. The fourth-order valence-corrected chi connectivity index (χ4v) is 0.333. The molecule has 0 amide bonds. The molecule has 0 aliphatic rings. The van der Waals surface area contributed by atoms with E-state index in [-0.39, 0.29) is 0 Å². The number of hydrogen-bond donors (Lipinski definition) is 0. The third-order valence-electron chi connectivity index (χ3n) is 1.24. The van der Waals surface area contributed by atoms with Gasteiger partial charge in [0, 0.05) is 13.8 Å². The second-order valence-corrected chi connectivity index (χ2v) is 2.93. The summed E-state index contributed by atoms with van der Waals surface area (Å²) in [5, 5.41) is 0. The third-order valence-corrected chi connectivity index (χ3v) is 1.24. The predicted octanol–water partition coefficient (Wildman–Crippen LogP) is 5.80. The second kappa shape index (κ2) is 45.2. The molecular weight excluding hydrogens is 220 g/mol. The molecule has 0 saturated carbocycles. The smallest absolute Gasteiger partial charge is 0.211 e. The van der Waals surface area contributed by atoms with Crippen molar-refractivity contribution in [3.05, 3.63) is 47.6 Å². The Kier molecular flexibility index (Phi) is 63.6. The molecule has 0 aromatic rings. The minimum absolute atomic E-state index is 0.611. The second-order valence-electron chi connectivity index (χ2n) is 2.93. The molecular formula is C16H30N2. The van der Waals surface area contributed by atoms with E-state index >= 15 is 0 Å². The van der Waals surface area contributed by atoms with Crippen LogP contribution in [0.4, 0.5) is 0 Å². The van der Waals surface area contributed by atoms with Crippen LogP contribution in [-0.2, 0) is 0 Å². The summed E-state index contributed by atoms with van der Waals surface area (Å²) in [5.41, 5.74) is 0. The van der Waals surface area contributed by atoms with Crippen LogP contribution >= 0.6 is 0 Å². The fourth-order valence-electron chi connectivity index (χ4n) is 0.333. The normalized spacial score (nSPS) is 7.06. The van der Waals surface area contributed by atoms with Gasteiger partial charge >= 0.3 is 0 Å². The molecule has 18 heavy (non-hydrogen) atoms. The molecule has 0 rings (SSSR count). The lowest BCUT2D eigenvalue weighted by atomic mass is 10.4. The highest BCUT2D eigenvalue weighted by molar-refractivity contribution is 4.77. The summed E-state index contributed by atoms with van der Waals surface area (Å²) in [7, 11) is 0. The maximum absolute atomic E-state index is 6.08. The highest BCUT2D eigenvalue weighted by Gasteiger charge is 1.60. The lowest BCUT2D eigenvalue weighted by Crippen LogP contribution is -1.51.